The monoisotopic (exact) mass is 248 g/mol. The van der Waals surface area contributed by atoms with Crippen molar-refractivity contribution in [3.05, 3.63) is 23.8 Å². The van der Waals surface area contributed by atoms with Crippen LogP contribution in [0.2, 0.25) is 0 Å². The number of amides is 1. The maximum absolute atomic E-state index is 12.1. The molecule has 0 heterocycles. The Morgan fingerprint density at radius 1 is 1.61 bits per heavy atom. The molecular formula is C13H16N2O3. The summed E-state index contributed by atoms with van der Waals surface area (Å²) in [5.74, 6) is 0.0324. The molecule has 1 atom stereocenters. The zero-order valence-corrected chi connectivity index (χ0v) is 10.7. The second kappa shape index (κ2) is 5.92. The second-order valence-electron chi connectivity index (χ2n) is 4.01. The largest absolute Gasteiger partial charge is 0.507 e. The van der Waals surface area contributed by atoms with E-state index in [9.17, 15) is 9.90 Å². The van der Waals surface area contributed by atoms with Crippen molar-refractivity contribution >= 4 is 5.91 Å². The summed E-state index contributed by atoms with van der Waals surface area (Å²) in [5, 5.41) is 18.4. The summed E-state index contributed by atoms with van der Waals surface area (Å²) in [6, 6.07) is 6.30. The third-order valence-corrected chi connectivity index (χ3v) is 2.80. The average molecular weight is 248 g/mol. The van der Waals surface area contributed by atoms with Gasteiger partial charge in [0.15, 0.2) is 0 Å². The molecule has 0 saturated carbocycles. The molecule has 18 heavy (non-hydrogen) atoms. The first-order valence-corrected chi connectivity index (χ1v) is 5.52. The molecule has 5 nitrogen and oxygen atoms in total. The van der Waals surface area contributed by atoms with E-state index < -0.39 is 0 Å². The number of aromatic hydroxyl groups is 1. The fraction of sp³-hybridized carbons (Fsp3) is 0.385. The summed E-state index contributed by atoms with van der Waals surface area (Å²) in [7, 11) is 3.09. The summed E-state index contributed by atoms with van der Waals surface area (Å²) >= 11 is 0. The van der Waals surface area contributed by atoms with E-state index in [4.69, 9.17) is 10.00 Å². The number of methoxy groups -OCH3 is 1. The SMILES string of the molecule is COc1ccc(C(=O)N(C)C(C)CC#N)c(O)c1. The fourth-order valence-corrected chi connectivity index (χ4v) is 1.48. The summed E-state index contributed by atoms with van der Waals surface area (Å²) in [4.78, 5) is 13.5. The predicted octanol–water partition coefficient (Wildman–Crippen LogP) is 1.77. The molecule has 0 radical (unpaired) electrons. The number of hydrogen-bond acceptors (Lipinski definition) is 4. The maximum atomic E-state index is 12.1. The van der Waals surface area contributed by atoms with E-state index in [0.717, 1.165) is 0 Å². The van der Waals surface area contributed by atoms with Gasteiger partial charge in [0.1, 0.15) is 11.5 Å². The van der Waals surface area contributed by atoms with Gasteiger partial charge in [0.25, 0.3) is 5.91 Å². The molecule has 1 aromatic rings. The molecular weight excluding hydrogens is 232 g/mol. The number of phenols is 1. The van der Waals surface area contributed by atoms with Crippen LogP contribution in [0.4, 0.5) is 0 Å². The Balaban J connectivity index is 2.94. The Bertz CT molecular complexity index is 480. The lowest BCUT2D eigenvalue weighted by Crippen LogP contribution is -2.34. The van der Waals surface area contributed by atoms with Crippen molar-refractivity contribution in [2.75, 3.05) is 14.2 Å². The molecule has 1 aromatic carbocycles. The highest BCUT2D eigenvalue weighted by atomic mass is 16.5. The topological polar surface area (TPSA) is 73.6 Å². The predicted molar refractivity (Wildman–Crippen MR) is 66.4 cm³/mol. The van der Waals surface area contributed by atoms with Crippen LogP contribution in [0.25, 0.3) is 0 Å². The van der Waals surface area contributed by atoms with Gasteiger partial charge in [0.05, 0.1) is 25.2 Å². The van der Waals surface area contributed by atoms with E-state index >= 15 is 0 Å². The Morgan fingerprint density at radius 2 is 2.28 bits per heavy atom. The molecule has 1 rings (SSSR count). The van der Waals surface area contributed by atoms with Crippen LogP contribution in [-0.2, 0) is 0 Å². The lowest BCUT2D eigenvalue weighted by atomic mass is 10.1. The van der Waals surface area contributed by atoms with Crippen LogP contribution in [-0.4, -0.2) is 36.1 Å². The Kier molecular flexibility index (Phi) is 4.55. The molecule has 0 aliphatic carbocycles. The van der Waals surface area contributed by atoms with Gasteiger partial charge in [-0.2, -0.15) is 5.26 Å². The van der Waals surface area contributed by atoms with E-state index in [1.54, 1.807) is 20.0 Å². The first-order valence-electron chi connectivity index (χ1n) is 5.52. The van der Waals surface area contributed by atoms with Crippen LogP contribution in [0.3, 0.4) is 0 Å². The molecule has 5 heteroatoms. The van der Waals surface area contributed by atoms with Gasteiger partial charge in [-0.1, -0.05) is 0 Å². The van der Waals surface area contributed by atoms with Gasteiger partial charge < -0.3 is 14.7 Å². The van der Waals surface area contributed by atoms with Crippen molar-refractivity contribution in [3.8, 4) is 17.6 Å². The van der Waals surface area contributed by atoms with Gasteiger partial charge in [-0.3, -0.25) is 4.79 Å². The summed E-state index contributed by atoms with van der Waals surface area (Å²) in [5.41, 5.74) is 0.197. The number of rotatable bonds is 4. The van der Waals surface area contributed by atoms with E-state index in [0.29, 0.717) is 5.75 Å². The molecule has 0 aliphatic heterocycles. The molecule has 96 valence electrons. The van der Waals surface area contributed by atoms with Crippen molar-refractivity contribution in [2.24, 2.45) is 0 Å². The molecule has 1 unspecified atom stereocenters. The highest BCUT2D eigenvalue weighted by Gasteiger charge is 2.20. The highest BCUT2D eigenvalue weighted by Crippen LogP contribution is 2.24. The average Bonchev–Trinajstić information content (AvgIpc) is 2.37. The molecule has 0 bridgehead atoms. The van der Waals surface area contributed by atoms with Gasteiger partial charge in [-0.25, -0.2) is 0 Å². The Morgan fingerprint density at radius 3 is 2.78 bits per heavy atom. The first kappa shape index (κ1) is 13.8. The molecule has 0 fully saturated rings. The van der Waals surface area contributed by atoms with E-state index in [2.05, 4.69) is 0 Å². The number of carbonyl (C=O) groups is 1. The molecule has 0 aliphatic rings. The van der Waals surface area contributed by atoms with Crippen LogP contribution >= 0.6 is 0 Å². The van der Waals surface area contributed by atoms with Crippen LogP contribution in [0, 0.1) is 11.3 Å². The van der Waals surface area contributed by atoms with E-state index in [-0.39, 0.29) is 29.7 Å². The van der Waals surface area contributed by atoms with Crippen molar-refractivity contribution in [1.29, 1.82) is 5.26 Å². The highest BCUT2D eigenvalue weighted by molar-refractivity contribution is 5.97. The van der Waals surface area contributed by atoms with Gasteiger partial charge in [0.2, 0.25) is 0 Å². The van der Waals surface area contributed by atoms with Crippen LogP contribution in [0.5, 0.6) is 11.5 Å². The molecule has 1 amide bonds. The second-order valence-corrected chi connectivity index (χ2v) is 4.01. The van der Waals surface area contributed by atoms with Crippen LogP contribution < -0.4 is 4.74 Å². The number of carbonyl (C=O) groups excluding carboxylic acids is 1. The minimum atomic E-state index is -0.321. The van der Waals surface area contributed by atoms with Gasteiger partial charge in [0, 0.05) is 19.2 Å². The number of nitrogens with zero attached hydrogens (tertiary/aromatic N) is 2. The number of hydrogen-bond donors (Lipinski definition) is 1. The Labute approximate surface area is 106 Å². The lowest BCUT2D eigenvalue weighted by Gasteiger charge is -2.23. The van der Waals surface area contributed by atoms with Crippen LogP contribution in [0.15, 0.2) is 18.2 Å². The Hall–Kier alpha value is -2.22. The zero-order valence-electron chi connectivity index (χ0n) is 10.7. The van der Waals surface area contributed by atoms with E-state index in [1.807, 2.05) is 6.07 Å². The lowest BCUT2D eigenvalue weighted by molar-refractivity contribution is 0.0743. The third-order valence-electron chi connectivity index (χ3n) is 2.80. The number of nitriles is 1. The van der Waals surface area contributed by atoms with Gasteiger partial charge in [-0.05, 0) is 19.1 Å². The fourth-order valence-electron chi connectivity index (χ4n) is 1.48. The molecule has 0 aromatic heterocycles. The minimum absolute atomic E-state index is 0.129. The minimum Gasteiger partial charge on any atom is -0.507 e. The van der Waals surface area contributed by atoms with Crippen LogP contribution in [0.1, 0.15) is 23.7 Å². The summed E-state index contributed by atoms with van der Waals surface area (Å²) in [6.45, 7) is 1.78. The van der Waals surface area contributed by atoms with Gasteiger partial charge >= 0.3 is 0 Å². The molecule has 1 N–H and O–H groups in total. The summed E-state index contributed by atoms with van der Waals surface area (Å²) < 4.78 is 4.95. The third kappa shape index (κ3) is 2.92. The maximum Gasteiger partial charge on any atom is 0.257 e. The zero-order chi connectivity index (χ0) is 13.7. The van der Waals surface area contributed by atoms with Crippen molar-refractivity contribution in [2.45, 2.75) is 19.4 Å². The number of benzene rings is 1. The molecule has 0 saturated heterocycles. The quantitative estimate of drug-likeness (QED) is 0.881. The standard InChI is InChI=1S/C13H16N2O3/c1-9(6-7-14)15(2)13(17)11-5-4-10(18-3)8-12(11)16/h4-5,8-9,16H,6H2,1-3H3. The summed E-state index contributed by atoms with van der Waals surface area (Å²) in [6.07, 6.45) is 0.249. The van der Waals surface area contributed by atoms with E-state index in [1.165, 1.54) is 24.1 Å². The first-order chi connectivity index (χ1) is 8.51. The van der Waals surface area contributed by atoms with Gasteiger partial charge in [-0.15, -0.1) is 0 Å². The normalized spacial score (nSPS) is 11.4. The van der Waals surface area contributed by atoms with Crippen molar-refractivity contribution < 1.29 is 14.6 Å². The number of phenolic OH excluding ortho intramolecular Hbond substituents is 1. The smallest absolute Gasteiger partial charge is 0.257 e. The molecule has 0 spiro atoms. The van der Waals surface area contributed by atoms with Crippen molar-refractivity contribution in [3.63, 3.8) is 0 Å². The number of ether oxygens (including phenoxy) is 1. The van der Waals surface area contributed by atoms with Crippen molar-refractivity contribution in [1.82, 2.24) is 4.90 Å².